The van der Waals surface area contributed by atoms with Gasteiger partial charge in [0.2, 0.25) is 0 Å². The van der Waals surface area contributed by atoms with Crippen LogP contribution in [0, 0.1) is 11.7 Å². The lowest BCUT2D eigenvalue weighted by atomic mass is 9.96. The number of piperazine rings is 1. The van der Waals surface area contributed by atoms with Gasteiger partial charge in [0.05, 0.1) is 5.69 Å². The van der Waals surface area contributed by atoms with Gasteiger partial charge in [-0.3, -0.25) is 9.59 Å². The van der Waals surface area contributed by atoms with Crippen LogP contribution in [0.5, 0.6) is 0 Å². The molecule has 6 rings (SSSR count). The SMILES string of the molecule is C[C@H]1CN(C(=O)c2cc3nc(-c4ccc(F)cc4)cc(C4(C)CC4)c3o2)CCN1C(=O)C(O)C1CC1. The third-order valence-corrected chi connectivity index (χ3v) is 8.00. The summed E-state index contributed by atoms with van der Waals surface area (Å²) in [6.45, 7) is 5.21. The number of halogens is 1. The summed E-state index contributed by atoms with van der Waals surface area (Å²) in [7, 11) is 0. The number of pyridine rings is 1. The van der Waals surface area contributed by atoms with Crippen molar-refractivity contribution in [2.24, 2.45) is 5.92 Å². The van der Waals surface area contributed by atoms with E-state index in [0.717, 1.165) is 42.5 Å². The Balaban J connectivity index is 1.27. The molecule has 1 aromatic carbocycles. The highest BCUT2D eigenvalue weighted by molar-refractivity contribution is 5.96. The maximum absolute atomic E-state index is 13.5. The van der Waals surface area contributed by atoms with Gasteiger partial charge in [0, 0.05) is 42.9 Å². The van der Waals surface area contributed by atoms with Crippen molar-refractivity contribution < 1.29 is 23.5 Å². The fraction of sp³-hybridized carbons (Fsp3) is 0.464. The number of carbonyl (C=O) groups is 2. The van der Waals surface area contributed by atoms with Crippen LogP contribution in [0.1, 0.15) is 55.6 Å². The molecule has 188 valence electrons. The van der Waals surface area contributed by atoms with Crippen molar-refractivity contribution in [3.05, 3.63) is 53.5 Å². The molecular weight excluding hydrogens is 461 g/mol. The first kappa shape index (κ1) is 23.2. The van der Waals surface area contributed by atoms with Gasteiger partial charge in [-0.2, -0.15) is 0 Å². The van der Waals surface area contributed by atoms with Crippen molar-refractivity contribution in [1.29, 1.82) is 0 Å². The van der Waals surface area contributed by atoms with Gasteiger partial charge in [-0.05, 0) is 74.3 Å². The van der Waals surface area contributed by atoms with Gasteiger partial charge in [-0.15, -0.1) is 0 Å². The molecule has 1 N–H and O–H groups in total. The molecule has 1 unspecified atom stereocenters. The third-order valence-electron chi connectivity index (χ3n) is 8.00. The molecular formula is C28H30FN3O4. The molecule has 2 amide bonds. The maximum Gasteiger partial charge on any atom is 0.289 e. The molecule has 1 saturated heterocycles. The van der Waals surface area contributed by atoms with Crippen LogP contribution in [0.2, 0.25) is 0 Å². The highest BCUT2D eigenvalue weighted by atomic mass is 19.1. The average molecular weight is 492 g/mol. The largest absolute Gasteiger partial charge is 0.449 e. The van der Waals surface area contributed by atoms with Crippen molar-refractivity contribution in [3.8, 4) is 11.3 Å². The number of carbonyl (C=O) groups excluding carboxylic acids is 2. The number of benzene rings is 1. The predicted molar refractivity (Wildman–Crippen MR) is 132 cm³/mol. The molecule has 2 atom stereocenters. The number of aliphatic hydroxyl groups excluding tert-OH is 1. The minimum Gasteiger partial charge on any atom is -0.449 e. The van der Waals surface area contributed by atoms with Crippen molar-refractivity contribution in [3.63, 3.8) is 0 Å². The lowest BCUT2D eigenvalue weighted by Crippen LogP contribution is -2.57. The van der Waals surface area contributed by atoms with Gasteiger partial charge in [-0.1, -0.05) is 6.92 Å². The summed E-state index contributed by atoms with van der Waals surface area (Å²) in [5.74, 6) is -0.465. The molecule has 1 aliphatic heterocycles. The molecule has 36 heavy (non-hydrogen) atoms. The van der Waals surface area contributed by atoms with Crippen molar-refractivity contribution >= 4 is 22.9 Å². The fourth-order valence-electron chi connectivity index (χ4n) is 5.21. The number of furan rings is 1. The Morgan fingerprint density at radius 3 is 2.53 bits per heavy atom. The van der Waals surface area contributed by atoms with E-state index in [1.165, 1.54) is 12.1 Å². The zero-order valence-electron chi connectivity index (χ0n) is 20.5. The van der Waals surface area contributed by atoms with Crippen LogP contribution in [-0.2, 0) is 10.2 Å². The summed E-state index contributed by atoms with van der Waals surface area (Å²) < 4.78 is 19.6. The smallest absolute Gasteiger partial charge is 0.289 e. The second-order valence-electron chi connectivity index (χ2n) is 10.9. The Kier molecular flexibility index (Phi) is 5.41. The molecule has 2 saturated carbocycles. The molecule has 2 aliphatic carbocycles. The standard InChI is InChI=1S/C28H30FN3O4/c1-16-15-31(11-12-32(16)27(35)24(33)18-3-4-18)26(34)23-14-22-25(36-23)20(28(2)9-10-28)13-21(30-22)17-5-7-19(29)8-6-17/h5-8,13-14,16,18,24,33H,3-4,9-12,15H2,1-2H3/t16-,24?/m0/s1. The predicted octanol–water partition coefficient (Wildman–Crippen LogP) is 4.13. The first-order valence-electron chi connectivity index (χ1n) is 12.7. The van der Waals surface area contributed by atoms with E-state index in [1.54, 1.807) is 28.0 Å². The molecule has 7 nitrogen and oxygen atoms in total. The Hall–Kier alpha value is -3.26. The zero-order chi connectivity index (χ0) is 25.2. The number of hydrogen-bond donors (Lipinski definition) is 1. The van der Waals surface area contributed by atoms with Crippen LogP contribution < -0.4 is 0 Å². The van der Waals surface area contributed by atoms with Crippen molar-refractivity contribution in [2.75, 3.05) is 19.6 Å². The fourth-order valence-corrected chi connectivity index (χ4v) is 5.21. The zero-order valence-corrected chi connectivity index (χ0v) is 20.5. The summed E-state index contributed by atoms with van der Waals surface area (Å²) >= 11 is 0. The molecule has 2 aromatic heterocycles. The highest BCUT2D eigenvalue weighted by Crippen LogP contribution is 2.50. The van der Waals surface area contributed by atoms with Gasteiger partial charge < -0.3 is 19.3 Å². The van der Waals surface area contributed by atoms with E-state index in [0.29, 0.717) is 30.7 Å². The second-order valence-corrected chi connectivity index (χ2v) is 10.9. The molecule has 0 radical (unpaired) electrons. The van der Waals surface area contributed by atoms with E-state index in [2.05, 4.69) is 6.92 Å². The summed E-state index contributed by atoms with van der Waals surface area (Å²) in [6.07, 6.45) is 2.90. The van der Waals surface area contributed by atoms with Crippen molar-refractivity contribution in [2.45, 2.75) is 57.1 Å². The number of aliphatic hydroxyl groups is 1. The minimum absolute atomic E-state index is 0.0307. The van der Waals surface area contributed by atoms with Gasteiger partial charge >= 0.3 is 0 Å². The molecule has 3 fully saturated rings. The van der Waals surface area contributed by atoms with Crippen molar-refractivity contribution in [1.82, 2.24) is 14.8 Å². The van der Waals surface area contributed by atoms with Gasteiger partial charge in [0.15, 0.2) is 11.3 Å². The second kappa shape index (κ2) is 8.40. The van der Waals surface area contributed by atoms with E-state index in [4.69, 9.17) is 9.40 Å². The number of nitrogens with zero attached hydrogens (tertiary/aromatic N) is 3. The topological polar surface area (TPSA) is 86.9 Å². The minimum atomic E-state index is -0.936. The number of rotatable bonds is 5. The summed E-state index contributed by atoms with van der Waals surface area (Å²) in [5.41, 5.74) is 3.75. The molecule has 3 aliphatic rings. The Morgan fingerprint density at radius 1 is 1.17 bits per heavy atom. The quantitative estimate of drug-likeness (QED) is 0.580. The number of fused-ring (bicyclic) bond motifs is 1. The normalized spacial score (nSPS) is 22.1. The summed E-state index contributed by atoms with van der Waals surface area (Å²) in [4.78, 5) is 34.2. The Labute approximate surface area is 208 Å². The molecule has 0 bridgehead atoms. The maximum atomic E-state index is 13.5. The first-order chi connectivity index (χ1) is 17.2. The van der Waals surface area contributed by atoms with Crippen LogP contribution in [0.25, 0.3) is 22.4 Å². The van der Waals surface area contributed by atoms with E-state index in [1.807, 2.05) is 13.0 Å². The van der Waals surface area contributed by atoms with Gasteiger partial charge in [0.25, 0.3) is 11.8 Å². The van der Waals surface area contributed by atoms with Crippen LogP contribution >= 0.6 is 0 Å². The monoisotopic (exact) mass is 491 g/mol. The molecule has 8 heteroatoms. The highest BCUT2D eigenvalue weighted by Gasteiger charge is 2.43. The molecule has 3 aromatic rings. The third kappa shape index (κ3) is 4.07. The Morgan fingerprint density at radius 2 is 1.89 bits per heavy atom. The molecule has 0 spiro atoms. The lowest BCUT2D eigenvalue weighted by Gasteiger charge is -2.40. The van der Waals surface area contributed by atoms with Crippen LogP contribution in [0.3, 0.4) is 0 Å². The van der Waals surface area contributed by atoms with Crippen LogP contribution in [0.15, 0.2) is 40.8 Å². The first-order valence-corrected chi connectivity index (χ1v) is 12.7. The van der Waals surface area contributed by atoms with Gasteiger partial charge in [0.1, 0.15) is 17.4 Å². The Bertz CT molecular complexity index is 1340. The average Bonchev–Trinajstić information content (AvgIpc) is 3.80. The number of amides is 2. The van der Waals surface area contributed by atoms with Gasteiger partial charge in [-0.25, -0.2) is 9.37 Å². The summed E-state index contributed by atoms with van der Waals surface area (Å²) in [5, 5.41) is 10.3. The van der Waals surface area contributed by atoms with E-state index in [9.17, 15) is 19.1 Å². The van der Waals surface area contributed by atoms with E-state index in [-0.39, 0.29) is 40.8 Å². The summed E-state index contributed by atoms with van der Waals surface area (Å²) in [6, 6.07) is 9.74. The van der Waals surface area contributed by atoms with Crippen LogP contribution in [0.4, 0.5) is 4.39 Å². The van der Waals surface area contributed by atoms with E-state index < -0.39 is 6.10 Å². The number of aromatic nitrogens is 1. The molecule has 3 heterocycles. The van der Waals surface area contributed by atoms with Crippen LogP contribution in [-0.4, -0.2) is 63.5 Å². The van der Waals surface area contributed by atoms with E-state index >= 15 is 0 Å². The number of hydrogen-bond acceptors (Lipinski definition) is 5. The lowest BCUT2D eigenvalue weighted by molar-refractivity contribution is -0.145.